The summed E-state index contributed by atoms with van der Waals surface area (Å²) in [6.45, 7) is 11.5. The molecule has 0 bridgehead atoms. The molecule has 12 nitrogen and oxygen atoms in total. The Balaban J connectivity index is 1.22. The van der Waals surface area contributed by atoms with E-state index in [9.17, 15) is 9.59 Å². The molecule has 2 N–H and O–H groups in total. The predicted molar refractivity (Wildman–Crippen MR) is 165 cm³/mol. The minimum absolute atomic E-state index is 0.0711. The Morgan fingerprint density at radius 2 is 1.82 bits per heavy atom. The van der Waals surface area contributed by atoms with Crippen molar-refractivity contribution in [3.63, 3.8) is 0 Å². The summed E-state index contributed by atoms with van der Waals surface area (Å²) >= 11 is 0. The summed E-state index contributed by atoms with van der Waals surface area (Å²) in [5.41, 5.74) is 2.63. The zero-order valence-electron chi connectivity index (χ0n) is 26.3. The Bertz CT molecular complexity index is 1270. The lowest BCUT2D eigenvalue weighted by molar-refractivity contribution is 0.00941. The molecule has 2 aliphatic heterocycles. The van der Waals surface area contributed by atoms with Crippen LogP contribution in [0.4, 0.5) is 21.4 Å². The lowest BCUT2D eigenvalue weighted by atomic mass is 9.96. The molecule has 12 heteroatoms. The van der Waals surface area contributed by atoms with Crippen molar-refractivity contribution in [1.29, 1.82) is 0 Å². The number of carbonyl (C=O) groups is 2. The fourth-order valence-electron chi connectivity index (χ4n) is 5.62. The number of amides is 2. The molecule has 5 rings (SSSR count). The minimum atomic E-state index is -0.493. The number of rotatable bonds is 12. The van der Waals surface area contributed by atoms with Gasteiger partial charge in [0, 0.05) is 38.4 Å². The van der Waals surface area contributed by atoms with Gasteiger partial charge >= 0.3 is 12.2 Å². The lowest BCUT2D eigenvalue weighted by Crippen LogP contribution is -2.50. The molecule has 0 radical (unpaired) electrons. The molecule has 44 heavy (non-hydrogen) atoms. The van der Waals surface area contributed by atoms with E-state index in [0.717, 1.165) is 36.6 Å². The maximum absolute atomic E-state index is 12.6. The van der Waals surface area contributed by atoms with Crippen LogP contribution in [0.3, 0.4) is 0 Å². The van der Waals surface area contributed by atoms with E-state index in [1.807, 2.05) is 25.7 Å². The number of anilines is 2. The number of aliphatic hydroxyl groups is 1. The highest BCUT2D eigenvalue weighted by Gasteiger charge is 2.33. The van der Waals surface area contributed by atoms with Crippen LogP contribution in [0.1, 0.15) is 75.7 Å². The molecule has 1 saturated carbocycles. The van der Waals surface area contributed by atoms with Crippen molar-refractivity contribution >= 4 is 24.0 Å². The second-order valence-electron chi connectivity index (χ2n) is 12.8. The number of nitrogens with zero attached hydrogens (tertiary/aromatic N) is 5. The number of hydrogen-bond acceptors (Lipinski definition) is 10. The summed E-state index contributed by atoms with van der Waals surface area (Å²) in [6, 6.07) is 9.00. The summed E-state index contributed by atoms with van der Waals surface area (Å²) in [5.74, 6) is 1.69. The highest BCUT2D eigenvalue weighted by atomic mass is 16.6. The topological polar surface area (TPSA) is 130 Å². The fourth-order valence-corrected chi connectivity index (χ4v) is 5.62. The highest BCUT2D eigenvalue weighted by Crippen LogP contribution is 2.40. The number of cyclic esters (lactones) is 1. The average molecular weight is 611 g/mol. The van der Waals surface area contributed by atoms with Gasteiger partial charge in [-0.3, -0.25) is 9.80 Å². The van der Waals surface area contributed by atoms with Crippen molar-refractivity contribution in [2.24, 2.45) is 5.92 Å². The van der Waals surface area contributed by atoms with Gasteiger partial charge in [-0.15, -0.1) is 0 Å². The maximum Gasteiger partial charge on any atom is 0.415 e. The molecule has 0 unspecified atom stereocenters. The van der Waals surface area contributed by atoms with E-state index in [0.29, 0.717) is 30.9 Å². The molecule has 2 aromatic rings. The molecule has 0 spiro atoms. The van der Waals surface area contributed by atoms with Crippen molar-refractivity contribution in [3.8, 4) is 0 Å². The number of benzene rings is 1. The van der Waals surface area contributed by atoms with Gasteiger partial charge in [0.1, 0.15) is 18.0 Å². The quantitative estimate of drug-likeness (QED) is 0.331. The van der Waals surface area contributed by atoms with Crippen LogP contribution < -0.4 is 10.2 Å². The Morgan fingerprint density at radius 1 is 1.11 bits per heavy atom. The number of hydrogen-bond donors (Lipinski definition) is 2. The molecule has 1 aliphatic carbocycles. The molecule has 240 valence electrons. The summed E-state index contributed by atoms with van der Waals surface area (Å²) in [4.78, 5) is 39.9. The average Bonchev–Trinajstić information content (AvgIpc) is 3.83. The van der Waals surface area contributed by atoms with Gasteiger partial charge in [0.05, 0.1) is 38.0 Å². The summed E-state index contributed by atoms with van der Waals surface area (Å²) in [7, 11) is 0. The van der Waals surface area contributed by atoms with Gasteiger partial charge in [-0.2, -0.15) is 4.98 Å². The third-order valence-corrected chi connectivity index (χ3v) is 8.19. The van der Waals surface area contributed by atoms with E-state index in [2.05, 4.69) is 51.4 Å². The Hall–Kier alpha value is -3.48. The van der Waals surface area contributed by atoms with E-state index < -0.39 is 11.7 Å². The van der Waals surface area contributed by atoms with Gasteiger partial charge in [-0.05, 0) is 51.2 Å². The van der Waals surface area contributed by atoms with Crippen molar-refractivity contribution in [2.45, 2.75) is 71.2 Å². The van der Waals surface area contributed by atoms with Crippen molar-refractivity contribution in [3.05, 3.63) is 47.2 Å². The molecule has 1 aromatic heterocycles. The Kier molecular flexibility index (Phi) is 10.2. The molecule has 3 heterocycles. The van der Waals surface area contributed by atoms with E-state index in [1.54, 1.807) is 6.20 Å². The third-order valence-electron chi connectivity index (χ3n) is 8.19. The van der Waals surface area contributed by atoms with Gasteiger partial charge in [0.2, 0.25) is 5.95 Å². The van der Waals surface area contributed by atoms with Gasteiger partial charge in [0.15, 0.2) is 0 Å². The number of fused-ring (bicyclic) bond motifs is 1. The van der Waals surface area contributed by atoms with Gasteiger partial charge in [-0.25, -0.2) is 14.6 Å². The maximum atomic E-state index is 12.6. The summed E-state index contributed by atoms with van der Waals surface area (Å²) in [6.07, 6.45) is 4.68. The monoisotopic (exact) mass is 610 g/mol. The SMILES string of the molecule is C[C@H](Nc1ncc2c(n1)N(CCOCCO)C(=O)OC2)c1ccc([C@H](CC2CC2)N2CCN(C(=O)OC(C)(C)C)CC2)cc1. The van der Waals surface area contributed by atoms with Crippen LogP contribution in [-0.4, -0.2) is 95.2 Å². The first-order valence-electron chi connectivity index (χ1n) is 15.7. The zero-order valence-corrected chi connectivity index (χ0v) is 26.3. The molecule has 1 saturated heterocycles. The molecule has 2 atom stereocenters. The molecular weight excluding hydrogens is 564 g/mol. The smallest absolute Gasteiger partial charge is 0.415 e. The van der Waals surface area contributed by atoms with E-state index >= 15 is 0 Å². The van der Waals surface area contributed by atoms with Crippen LogP contribution >= 0.6 is 0 Å². The Labute approximate surface area is 259 Å². The number of nitrogens with one attached hydrogen (secondary N) is 1. The van der Waals surface area contributed by atoms with E-state index in [-0.39, 0.29) is 45.1 Å². The fraction of sp³-hybridized carbons (Fsp3) is 0.625. The molecule has 2 amide bonds. The normalized spacial score (nSPS) is 18.8. The van der Waals surface area contributed by atoms with Crippen molar-refractivity contribution in [2.75, 3.05) is 62.8 Å². The standard InChI is InChI=1S/C32H46N6O6/c1-22(34-29-33-20-26-21-43-31(41)38(28(26)35-29)15-17-42-18-16-39)24-7-9-25(10-8-24)27(19-23-5-6-23)36-11-13-37(14-12-36)30(40)44-32(2,3)4/h7-10,20,22-23,27,39H,5-6,11-19,21H2,1-4H3,(H,33,34,35)/t22-,27-/m0/s1. The second kappa shape index (κ2) is 14.1. The highest BCUT2D eigenvalue weighted by molar-refractivity contribution is 5.89. The van der Waals surface area contributed by atoms with Gasteiger partial charge < -0.3 is 29.5 Å². The van der Waals surface area contributed by atoms with Gasteiger partial charge in [-0.1, -0.05) is 37.1 Å². The largest absolute Gasteiger partial charge is 0.444 e. The lowest BCUT2D eigenvalue weighted by Gasteiger charge is -2.40. The molecular formula is C32H46N6O6. The van der Waals surface area contributed by atoms with Crippen LogP contribution in [0.15, 0.2) is 30.5 Å². The minimum Gasteiger partial charge on any atom is -0.444 e. The Morgan fingerprint density at radius 3 is 2.48 bits per heavy atom. The van der Waals surface area contributed by atoms with Crippen molar-refractivity contribution < 1.29 is 28.9 Å². The number of aliphatic hydroxyl groups excluding tert-OH is 1. The summed E-state index contributed by atoms with van der Waals surface area (Å²) in [5, 5.41) is 12.3. The molecule has 2 fully saturated rings. The number of aromatic nitrogens is 2. The van der Waals surface area contributed by atoms with Gasteiger partial charge in [0.25, 0.3) is 0 Å². The first-order chi connectivity index (χ1) is 21.1. The second-order valence-corrected chi connectivity index (χ2v) is 12.8. The first kappa shape index (κ1) is 31.9. The van der Waals surface area contributed by atoms with Crippen LogP contribution in [0.2, 0.25) is 0 Å². The van der Waals surface area contributed by atoms with Crippen LogP contribution in [0.25, 0.3) is 0 Å². The van der Waals surface area contributed by atoms with Crippen LogP contribution in [-0.2, 0) is 20.8 Å². The number of ether oxygens (including phenoxy) is 3. The zero-order chi connectivity index (χ0) is 31.3. The predicted octanol–water partition coefficient (Wildman–Crippen LogP) is 4.51. The summed E-state index contributed by atoms with van der Waals surface area (Å²) < 4.78 is 16.2. The van der Waals surface area contributed by atoms with Crippen molar-refractivity contribution in [1.82, 2.24) is 19.8 Å². The molecule has 3 aliphatic rings. The first-order valence-corrected chi connectivity index (χ1v) is 15.7. The molecule has 1 aromatic carbocycles. The van der Waals surface area contributed by atoms with Crippen LogP contribution in [0.5, 0.6) is 0 Å². The number of carbonyl (C=O) groups excluding carboxylic acids is 2. The third kappa shape index (κ3) is 8.36. The van der Waals surface area contributed by atoms with E-state index in [1.165, 1.54) is 23.3 Å². The number of piperazine rings is 1. The van der Waals surface area contributed by atoms with Crippen LogP contribution in [0, 0.1) is 5.92 Å². The van der Waals surface area contributed by atoms with E-state index in [4.69, 9.17) is 19.3 Å².